The van der Waals surface area contributed by atoms with Gasteiger partial charge in [0, 0.05) is 5.56 Å². The Morgan fingerprint density at radius 3 is 2.16 bits per heavy atom. The van der Waals surface area contributed by atoms with Crippen molar-refractivity contribution < 1.29 is 5.11 Å². The minimum absolute atomic E-state index is 0.0456. The van der Waals surface area contributed by atoms with Crippen LogP contribution in [0.25, 0.3) is 22.3 Å². The molecule has 0 aliphatic heterocycles. The zero-order valence-corrected chi connectivity index (χ0v) is 12.9. The SMILES string of the molecule is N#Cc1c(N)[nH]c(=O)c(C#N)c1-c1cccc(-c2cccc(O)c2)c1. The quantitative estimate of drug-likeness (QED) is 0.666. The lowest BCUT2D eigenvalue weighted by molar-refractivity contribution is 0.475. The van der Waals surface area contributed by atoms with Gasteiger partial charge in [-0.1, -0.05) is 30.3 Å². The highest BCUT2D eigenvalue weighted by atomic mass is 16.3. The van der Waals surface area contributed by atoms with Crippen LogP contribution in [0.3, 0.4) is 0 Å². The highest BCUT2D eigenvalue weighted by Crippen LogP contribution is 2.32. The van der Waals surface area contributed by atoms with E-state index in [1.165, 1.54) is 0 Å². The van der Waals surface area contributed by atoms with Crippen LogP contribution in [0.4, 0.5) is 5.82 Å². The number of phenolic OH excluding ortho intramolecular Hbond substituents is 1. The number of H-pyrrole nitrogens is 1. The number of hydrogen-bond donors (Lipinski definition) is 3. The molecule has 120 valence electrons. The average molecular weight is 328 g/mol. The Kier molecular flexibility index (Phi) is 3.95. The summed E-state index contributed by atoms with van der Waals surface area (Å²) in [5.41, 5.74) is 7.23. The molecule has 0 saturated heterocycles. The number of rotatable bonds is 2. The molecule has 1 heterocycles. The summed E-state index contributed by atoms with van der Waals surface area (Å²) >= 11 is 0. The summed E-state index contributed by atoms with van der Waals surface area (Å²) in [6.45, 7) is 0. The lowest BCUT2D eigenvalue weighted by atomic mass is 9.94. The zero-order chi connectivity index (χ0) is 18.0. The van der Waals surface area contributed by atoms with Crippen molar-refractivity contribution in [1.29, 1.82) is 10.5 Å². The van der Waals surface area contributed by atoms with Gasteiger partial charge in [-0.25, -0.2) is 0 Å². The van der Waals surface area contributed by atoms with Gasteiger partial charge in [0.05, 0.1) is 0 Å². The molecule has 0 amide bonds. The number of nitrogen functional groups attached to an aromatic ring is 1. The van der Waals surface area contributed by atoms with Crippen LogP contribution in [0.2, 0.25) is 0 Å². The van der Waals surface area contributed by atoms with E-state index >= 15 is 0 Å². The third-order valence-corrected chi connectivity index (χ3v) is 3.80. The molecule has 0 saturated carbocycles. The highest BCUT2D eigenvalue weighted by Gasteiger charge is 2.18. The number of pyridine rings is 1. The van der Waals surface area contributed by atoms with Gasteiger partial charge < -0.3 is 15.8 Å². The molecule has 6 nitrogen and oxygen atoms in total. The standard InChI is InChI=1S/C19H12N4O2/c20-9-15-17(16(10-21)19(25)23-18(15)22)13-5-1-3-11(7-13)12-4-2-6-14(24)8-12/h1-8,24H,(H3,22,23,25). The van der Waals surface area contributed by atoms with Crippen molar-refractivity contribution in [3.63, 3.8) is 0 Å². The molecule has 1 aromatic heterocycles. The third-order valence-electron chi connectivity index (χ3n) is 3.80. The fourth-order valence-electron chi connectivity index (χ4n) is 2.67. The first-order valence-electron chi connectivity index (χ1n) is 7.31. The summed E-state index contributed by atoms with van der Waals surface area (Å²) in [5, 5.41) is 28.4. The van der Waals surface area contributed by atoms with Gasteiger partial charge in [-0.3, -0.25) is 4.79 Å². The Hall–Kier alpha value is -4.03. The molecule has 0 spiro atoms. The highest BCUT2D eigenvalue weighted by molar-refractivity contribution is 5.82. The number of nitriles is 2. The van der Waals surface area contributed by atoms with E-state index in [-0.39, 0.29) is 28.3 Å². The van der Waals surface area contributed by atoms with Gasteiger partial charge in [0.1, 0.15) is 34.8 Å². The maximum absolute atomic E-state index is 12.0. The monoisotopic (exact) mass is 328 g/mol. The van der Waals surface area contributed by atoms with Crippen molar-refractivity contribution in [3.05, 3.63) is 70.0 Å². The molecule has 0 atom stereocenters. The van der Waals surface area contributed by atoms with Gasteiger partial charge in [0.2, 0.25) is 0 Å². The Morgan fingerprint density at radius 1 is 0.920 bits per heavy atom. The minimum Gasteiger partial charge on any atom is -0.508 e. The molecule has 0 bridgehead atoms. The van der Waals surface area contributed by atoms with E-state index in [4.69, 9.17) is 5.73 Å². The second-order valence-corrected chi connectivity index (χ2v) is 5.35. The summed E-state index contributed by atoms with van der Waals surface area (Å²) in [4.78, 5) is 14.3. The number of nitrogens with one attached hydrogen (secondary N) is 1. The fourth-order valence-corrected chi connectivity index (χ4v) is 2.67. The number of nitrogens with zero attached hydrogens (tertiary/aromatic N) is 2. The predicted octanol–water partition coefficient (Wildman–Crippen LogP) is 2.74. The van der Waals surface area contributed by atoms with Crippen LogP contribution < -0.4 is 11.3 Å². The number of benzene rings is 2. The summed E-state index contributed by atoms with van der Waals surface area (Å²) in [7, 11) is 0. The number of phenols is 1. The topological polar surface area (TPSA) is 127 Å². The Labute approximate surface area is 143 Å². The van der Waals surface area contributed by atoms with Crippen LogP contribution in [0, 0.1) is 22.7 Å². The maximum atomic E-state index is 12.0. The van der Waals surface area contributed by atoms with E-state index in [9.17, 15) is 20.4 Å². The van der Waals surface area contributed by atoms with Gasteiger partial charge in [0.25, 0.3) is 5.56 Å². The molecule has 6 heteroatoms. The van der Waals surface area contributed by atoms with Crippen LogP contribution in [0.15, 0.2) is 53.3 Å². The van der Waals surface area contributed by atoms with E-state index in [1.54, 1.807) is 36.4 Å². The lowest BCUT2D eigenvalue weighted by Crippen LogP contribution is -2.16. The number of nitrogens with two attached hydrogens (primary N) is 1. The van der Waals surface area contributed by atoms with Gasteiger partial charge in [-0.15, -0.1) is 0 Å². The first kappa shape index (κ1) is 15.9. The van der Waals surface area contributed by atoms with Crippen LogP contribution in [-0.2, 0) is 0 Å². The van der Waals surface area contributed by atoms with Crippen molar-refractivity contribution in [2.75, 3.05) is 5.73 Å². The van der Waals surface area contributed by atoms with Gasteiger partial charge in [-0.2, -0.15) is 10.5 Å². The molecule has 0 aliphatic rings. The second-order valence-electron chi connectivity index (χ2n) is 5.35. The van der Waals surface area contributed by atoms with Crippen molar-refractivity contribution in [3.8, 4) is 40.1 Å². The first-order valence-corrected chi connectivity index (χ1v) is 7.31. The molecule has 2 aromatic carbocycles. The van der Waals surface area contributed by atoms with Crippen molar-refractivity contribution in [2.24, 2.45) is 0 Å². The summed E-state index contributed by atoms with van der Waals surface area (Å²) in [6.07, 6.45) is 0. The molecule has 3 aromatic rings. The zero-order valence-electron chi connectivity index (χ0n) is 12.9. The Balaban J connectivity index is 2.29. The predicted molar refractivity (Wildman–Crippen MR) is 93.4 cm³/mol. The van der Waals surface area contributed by atoms with E-state index < -0.39 is 5.56 Å². The fraction of sp³-hybridized carbons (Fsp3) is 0. The molecular formula is C19H12N4O2. The number of aromatic amines is 1. The van der Waals surface area contributed by atoms with Crippen LogP contribution in [-0.4, -0.2) is 10.1 Å². The number of aromatic hydroxyl groups is 1. The van der Waals surface area contributed by atoms with Gasteiger partial charge >= 0.3 is 0 Å². The Morgan fingerprint density at radius 2 is 1.52 bits per heavy atom. The average Bonchev–Trinajstić information content (AvgIpc) is 2.61. The van der Waals surface area contributed by atoms with Crippen molar-refractivity contribution in [2.45, 2.75) is 0 Å². The number of anilines is 1. The smallest absolute Gasteiger partial charge is 0.268 e. The first-order chi connectivity index (χ1) is 12.0. The third kappa shape index (κ3) is 2.80. The van der Waals surface area contributed by atoms with E-state index in [0.29, 0.717) is 5.56 Å². The molecule has 0 unspecified atom stereocenters. The molecule has 25 heavy (non-hydrogen) atoms. The number of hydrogen-bond acceptors (Lipinski definition) is 5. The molecule has 0 aliphatic carbocycles. The van der Waals surface area contributed by atoms with Crippen molar-refractivity contribution in [1.82, 2.24) is 4.98 Å². The van der Waals surface area contributed by atoms with Gasteiger partial charge in [0.15, 0.2) is 0 Å². The molecule has 0 radical (unpaired) electrons. The molecule has 0 fully saturated rings. The van der Waals surface area contributed by atoms with Crippen molar-refractivity contribution >= 4 is 5.82 Å². The van der Waals surface area contributed by atoms with Gasteiger partial charge in [-0.05, 0) is 34.9 Å². The van der Waals surface area contributed by atoms with E-state index in [0.717, 1.165) is 11.1 Å². The summed E-state index contributed by atoms with van der Waals surface area (Å²) in [6, 6.07) is 17.5. The minimum atomic E-state index is -0.642. The van der Waals surface area contributed by atoms with E-state index in [2.05, 4.69) is 4.98 Å². The molecular weight excluding hydrogens is 316 g/mol. The lowest BCUT2D eigenvalue weighted by Gasteiger charge is -2.10. The summed E-state index contributed by atoms with van der Waals surface area (Å²) in [5.74, 6) is 0.0444. The second kappa shape index (κ2) is 6.23. The Bertz CT molecular complexity index is 1120. The summed E-state index contributed by atoms with van der Waals surface area (Å²) < 4.78 is 0. The maximum Gasteiger partial charge on any atom is 0.268 e. The number of aromatic nitrogens is 1. The van der Waals surface area contributed by atoms with Crippen LogP contribution in [0.5, 0.6) is 5.75 Å². The van der Waals surface area contributed by atoms with Crippen LogP contribution in [0.1, 0.15) is 11.1 Å². The molecule has 4 N–H and O–H groups in total. The van der Waals surface area contributed by atoms with Crippen LogP contribution >= 0.6 is 0 Å². The normalized spacial score (nSPS) is 10.0. The largest absolute Gasteiger partial charge is 0.508 e. The molecule has 3 rings (SSSR count). The van der Waals surface area contributed by atoms with E-state index in [1.807, 2.05) is 24.3 Å².